The average molecular weight is 290 g/mol. The maximum absolute atomic E-state index is 12.2. The first-order valence-corrected chi connectivity index (χ1v) is 6.77. The van der Waals surface area contributed by atoms with Crippen molar-refractivity contribution in [1.82, 2.24) is 9.80 Å². The van der Waals surface area contributed by atoms with Gasteiger partial charge in [0, 0.05) is 14.1 Å². The monoisotopic (exact) mass is 290 g/mol. The average Bonchev–Trinajstić information content (AvgIpc) is 2.49. The van der Waals surface area contributed by atoms with Crippen molar-refractivity contribution in [2.24, 2.45) is 5.92 Å². The summed E-state index contributed by atoms with van der Waals surface area (Å²) >= 11 is 0. The highest BCUT2D eigenvalue weighted by atomic mass is 16.5. The minimum atomic E-state index is -0.890. The van der Waals surface area contributed by atoms with Gasteiger partial charge in [-0.1, -0.05) is 18.2 Å². The normalized spacial score (nSPS) is 16.6. The van der Waals surface area contributed by atoms with Crippen LogP contribution in [-0.4, -0.2) is 48.3 Å². The minimum Gasteiger partial charge on any atom is -0.494 e. The molecule has 0 atom stereocenters. The molecule has 0 bridgehead atoms. The van der Waals surface area contributed by atoms with Crippen LogP contribution < -0.4 is 4.74 Å². The Morgan fingerprint density at radius 2 is 1.62 bits per heavy atom. The molecule has 112 valence electrons. The number of hydrogen-bond donors (Lipinski definition) is 0. The van der Waals surface area contributed by atoms with Gasteiger partial charge in [0.25, 0.3) is 0 Å². The Balaban J connectivity index is 2.28. The molecule has 0 unspecified atom stereocenters. The number of para-hydroxylation sites is 1. The molecule has 1 aromatic carbocycles. The fraction of sp³-hybridized carbons (Fsp3) is 0.400. The second-order valence-corrected chi connectivity index (χ2v) is 4.87. The van der Waals surface area contributed by atoms with Crippen LogP contribution in [0.15, 0.2) is 24.3 Å². The Labute approximate surface area is 123 Å². The molecule has 6 nitrogen and oxygen atoms in total. The third-order valence-corrected chi connectivity index (χ3v) is 3.53. The molecule has 0 saturated carbocycles. The molecule has 1 heterocycles. The number of benzene rings is 1. The molecule has 6 heteroatoms. The zero-order valence-corrected chi connectivity index (χ0v) is 12.3. The van der Waals surface area contributed by atoms with Gasteiger partial charge in [-0.25, -0.2) is 4.79 Å². The maximum atomic E-state index is 12.2. The van der Waals surface area contributed by atoms with Crippen molar-refractivity contribution >= 4 is 17.8 Å². The molecule has 1 aliphatic heterocycles. The summed E-state index contributed by atoms with van der Waals surface area (Å²) in [4.78, 5) is 38.0. The van der Waals surface area contributed by atoms with Crippen LogP contribution in [0.1, 0.15) is 12.5 Å². The number of barbiturate groups is 1. The van der Waals surface area contributed by atoms with E-state index >= 15 is 0 Å². The predicted molar refractivity (Wildman–Crippen MR) is 75.7 cm³/mol. The number of hydrogen-bond acceptors (Lipinski definition) is 4. The molecule has 1 aliphatic rings. The third-order valence-electron chi connectivity index (χ3n) is 3.53. The zero-order valence-electron chi connectivity index (χ0n) is 12.3. The molecule has 0 radical (unpaired) electrons. The zero-order chi connectivity index (χ0) is 15.6. The third kappa shape index (κ3) is 2.74. The molecular formula is C15H18N2O4. The standard InChI is InChI=1S/C15H18N2O4/c1-4-21-12-8-6-5-7-10(12)9-11-13(18)16(2)15(20)17(3)14(11)19/h5-8,11H,4,9H2,1-3H3. The van der Waals surface area contributed by atoms with Crippen molar-refractivity contribution in [3.63, 3.8) is 0 Å². The largest absolute Gasteiger partial charge is 0.494 e. The van der Waals surface area contributed by atoms with E-state index in [0.29, 0.717) is 12.4 Å². The van der Waals surface area contributed by atoms with Crippen molar-refractivity contribution in [2.75, 3.05) is 20.7 Å². The lowest BCUT2D eigenvalue weighted by atomic mass is 9.94. The second kappa shape index (κ2) is 5.95. The van der Waals surface area contributed by atoms with E-state index in [-0.39, 0.29) is 6.42 Å². The van der Waals surface area contributed by atoms with Crippen LogP contribution in [0.3, 0.4) is 0 Å². The lowest BCUT2D eigenvalue weighted by Crippen LogP contribution is -2.57. The topological polar surface area (TPSA) is 66.9 Å². The number of urea groups is 1. The molecule has 0 spiro atoms. The first-order valence-electron chi connectivity index (χ1n) is 6.77. The van der Waals surface area contributed by atoms with E-state index in [4.69, 9.17) is 4.74 Å². The first kappa shape index (κ1) is 15.0. The Kier molecular flexibility index (Phi) is 4.26. The van der Waals surface area contributed by atoms with E-state index in [9.17, 15) is 14.4 Å². The van der Waals surface area contributed by atoms with Gasteiger partial charge in [0.1, 0.15) is 11.7 Å². The van der Waals surface area contributed by atoms with Crippen LogP contribution in [0.25, 0.3) is 0 Å². The number of nitrogens with zero attached hydrogens (tertiary/aromatic N) is 2. The van der Waals surface area contributed by atoms with Crippen LogP contribution >= 0.6 is 0 Å². The molecule has 0 N–H and O–H groups in total. The van der Waals surface area contributed by atoms with Crippen LogP contribution in [0.5, 0.6) is 5.75 Å². The summed E-state index contributed by atoms with van der Waals surface area (Å²) in [6.07, 6.45) is 0.218. The molecule has 1 saturated heterocycles. The highest BCUT2D eigenvalue weighted by Gasteiger charge is 2.42. The van der Waals surface area contributed by atoms with E-state index in [1.165, 1.54) is 14.1 Å². The molecule has 0 aliphatic carbocycles. The van der Waals surface area contributed by atoms with Crippen LogP contribution in [-0.2, 0) is 16.0 Å². The van der Waals surface area contributed by atoms with E-state index in [2.05, 4.69) is 0 Å². The second-order valence-electron chi connectivity index (χ2n) is 4.87. The smallest absolute Gasteiger partial charge is 0.332 e. The summed E-state index contributed by atoms with van der Waals surface area (Å²) in [7, 11) is 2.77. The van der Waals surface area contributed by atoms with Gasteiger partial charge in [-0.15, -0.1) is 0 Å². The number of ether oxygens (including phenoxy) is 1. The van der Waals surface area contributed by atoms with E-state index in [0.717, 1.165) is 15.4 Å². The Morgan fingerprint density at radius 3 is 2.19 bits per heavy atom. The highest BCUT2D eigenvalue weighted by molar-refractivity contribution is 6.15. The summed E-state index contributed by atoms with van der Waals surface area (Å²) in [5, 5.41) is 0. The number of carbonyl (C=O) groups is 3. The maximum Gasteiger partial charge on any atom is 0.332 e. The van der Waals surface area contributed by atoms with Crippen LogP contribution in [0, 0.1) is 5.92 Å². The van der Waals surface area contributed by atoms with Crippen molar-refractivity contribution in [2.45, 2.75) is 13.3 Å². The van der Waals surface area contributed by atoms with Gasteiger partial charge in [-0.3, -0.25) is 19.4 Å². The molecule has 1 fully saturated rings. The van der Waals surface area contributed by atoms with Gasteiger partial charge in [-0.05, 0) is 25.0 Å². The molecular weight excluding hydrogens is 272 g/mol. The molecule has 21 heavy (non-hydrogen) atoms. The summed E-state index contributed by atoms with van der Waals surface area (Å²) in [5.41, 5.74) is 0.780. The molecule has 4 amide bonds. The van der Waals surface area contributed by atoms with Gasteiger partial charge in [0.2, 0.25) is 11.8 Å². The van der Waals surface area contributed by atoms with Crippen molar-refractivity contribution < 1.29 is 19.1 Å². The Bertz CT molecular complexity index is 561. The molecule has 0 aromatic heterocycles. The lowest BCUT2D eigenvalue weighted by Gasteiger charge is -2.33. The number of carbonyl (C=O) groups excluding carboxylic acids is 3. The molecule has 1 aromatic rings. The van der Waals surface area contributed by atoms with Gasteiger partial charge in [-0.2, -0.15) is 0 Å². The van der Waals surface area contributed by atoms with Gasteiger partial charge >= 0.3 is 6.03 Å². The van der Waals surface area contributed by atoms with Crippen molar-refractivity contribution in [3.8, 4) is 5.75 Å². The van der Waals surface area contributed by atoms with E-state index in [1.807, 2.05) is 25.1 Å². The minimum absolute atomic E-state index is 0.218. The number of rotatable bonds is 4. The Hall–Kier alpha value is -2.37. The van der Waals surface area contributed by atoms with Crippen LogP contribution in [0.4, 0.5) is 4.79 Å². The highest BCUT2D eigenvalue weighted by Crippen LogP contribution is 2.25. The fourth-order valence-corrected chi connectivity index (χ4v) is 2.35. The van der Waals surface area contributed by atoms with E-state index < -0.39 is 23.8 Å². The summed E-state index contributed by atoms with van der Waals surface area (Å²) in [5.74, 6) is -1.19. The summed E-state index contributed by atoms with van der Waals surface area (Å²) < 4.78 is 5.51. The summed E-state index contributed by atoms with van der Waals surface area (Å²) in [6.45, 7) is 2.37. The number of imide groups is 2. The van der Waals surface area contributed by atoms with Gasteiger partial charge in [0.15, 0.2) is 0 Å². The summed E-state index contributed by atoms with van der Waals surface area (Å²) in [6, 6.07) is 6.69. The van der Waals surface area contributed by atoms with Crippen molar-refractivity contribution in [1.29, 1.82) is 0 Å². The van der Waals surface area contributed by atoms with Gasteiger partial charge < -0.3 is 4.74 Å². The quantitative estimate of drug-likeness (QED) is 0.784. The van der Waals surface area contributed by atoms with Gasteiger partial charge in [0.05, 0.1) is 6.61 Å². The Morgan fingerprint density at radius 1 is 1.05 bits per heavy atom. The van der Waals surface area contributed by atoms with Crippen LogP contribution in [0.2, 0.25) is 0 Å². The van der Waals surface area contributed by atoms with Crippen molar-refractivity contribution in [3.05, 3.63) is 29.8 Å². The lowest BCUT2D eigenvalue weighted by molar-refractivity contribution is -0.147. The number of amides is 4. The first-order chi connectivity index (χ1) is 9.97. The molecule has 2 rings (SSSR count). The predicted octanol–water partition coefficient (Wildman–Crippen LogP) is 1.29. The fourth-order valence-electron chi connectivity index (χ4n) is 2.35. The van der Waals surface area contributed by atoms with E-state index in [1.54, 1.807) is 6.07 Å². The SMILES string of the molecule is CCOc1ccccc1CC1C(=O)N(C)C(=O)N(C)C1=O.